The van der Waals surface area contributed by atoms with E-state index in [2.05, 4.69) is 15.9 Å². The molecule has 0 aromatic heterocycles. The quantitative estimate of drug-likeness (QED) is 0.790. The van der Waals surface area contributed by atoms with Crippen LogP contribution in [0.1, 0.15) is 19.4 Å². The van der Waals surface area contributed by atoms with Crippen LogP contribution < -0.4 is 4.74 Å². The summed E-state index contributed by atoms with van der Waals surface area (Å²) in [5, 5.41) is 0. The van der Waals surface area contributed by atoms with Gasteiger partial charge in [-0.3, -0.25) is 4.79 Å². The first-order valence-corrected chi connectivity index (χ1v) is 5.82. The van der Waals surface area contributed by atoms with E-state index in [0.29, 0.717) is 6.42 Å². The summed E-state index contributed by atoms with van der Waals surface area (Å²) in [7, 11) is 1.62. The van der Waals surface area contributed by atoms with Crippen molar-refractivity contribution in [3.8, 4) is 5.75 Å². The number of allylic oxidation sites excluding steroid dienone is 2. The molecule has 0 atom stereocenters. The summed E-state index contributed by atoms with van der Waals surface area (Å²) < 4.78 is 6.06. The SMILES string of the molecule is COc1ccc(Br)c(CC(=O)C=C(C)C)c1. The molecular formula is C13H15BrO2. The van der Waals surface area contributed by atoms with Crippen LogP contribution in [0.2, 0.25) is 0 Å². The number of benzene rings is 1. The Morgan fingerprint density at radius 1 is 1.44 bits per heavy atom. The van der Waals surface area contributed by atoms with Gasteiger partial charge in [0.05, 0.1) is 7.11 Å². The summed E-state index contributed by atoms with van der Waals surface area (Å²) in [5.74, 6) is 0.872. The molecule has 0 heterocycles. The maximum Gasteiger partial charge on any atom is 0.160 e. The number of halogens is 1. The van der Waals surface area contributed by atoms with Gasteiger partial charge in [-0.25, -0.2) is 0 Å². The van der Waals surface area contributed by atoms with E-state index in [9.17, 15) is 4.79 Å². The van der Waals surface area contributed by atoms with E-state index in [1.165, 1.54) is 0 Å². The van der Waals surface area contributed by atoms with Crippen LogP contribution in [-0.4, -0.2) is 12.9 Å². The van der Waals surface area contributed by atoms with E-state index in [4.69, 9.17) is 4.74 Å². The zero-order valence-electron chi connectivity index (χ0n) is 9.71. The number of ketones is 1. The molecule has 0 spiro atoms. The topological polar surface area (TPSA) is 26.3 Å². The number of rotatable bonds is 4. The van der Waals surface area contributed by atoms with Crippen LogP contribution in [0.3, 0.4) is 0 Å². The number of hydrogen-bond acceptors (Lipinski definition) is 2. The highest BCUT2D eigenvalue weighted by atomic mass is 79.9. The highest BCUT2D eigenvalue weighted by Crippen LogP contribution is 2.23. The minimum atomic E-state index is 0.106. The van der Waals surface area contributed by atoms with Gasteiger partial charge >= 0.3 is 0 Å². The molecule has 0 aliphatic rings. The van der Waals surface area contributed by atoms with Gasteiger partial charge < -0.3 is 4.74 Å². The molecule has 0 saturated heterocycles. The fourth-order valence-corrected chi connectivity index (χ4v) is 1.76. The predicted octanol–water partition coefficient (Wildman–Crippen LogP) is 3.54. The van der Waals surface area contributed by atoms with Crippen LogP contribution in [-0.2, 0) is 11.2 Å². The van der Waals surface area contributed by atoms with Gasteiger partial charge in [0.25, 0.3) is 0 Å². The molecule has 0 bridgehead atoms. The molecule has 86 valence electrons. The van der Waals surface area contributed by atoms with E-state index in [1.807, 2.05) is 32.0 Å². The van der Waals surface area contributed by atoms with Crippen molar-refractivity contribution in [1.29, 1.82) is 0 Å². The zero-order chi connectivity index (χ0) is 12.1. The Labute approximate surface area is 104 Å². The van der Waals surface area contributed by atoms with Crippen LogP contribution >= 0.6 is 15.9 Å². The van der Waals surface area contributed by atoms with Gasteiger partial charge in [0.2, 0.25) is 0 Å². The molecule has 0 radical (unpaired) electrons. The second kappa shape index (κ2) is 5.85. The lowest BCUT2D eigenvalue weighted by Crippen LogP contribution is -2.00. The number of carbonyl (C=O) groups excluding carboxylic acids is 1. The molecule has 1 aromatic rings. The summed E-state index contributed by atoms with van der Waals surface area (Å²) in [6.07, 6.45) is 2.05. The Bertz CT molecular complexity index is 418. The van der Waals surface area contributed by atoms with Crippen molar-refractivity contribution in [3.63, 3.8) is 0 Å². The Morgan fingerprint density at radius 2 is 2.12 bits per heavy atom. The highest BCUT2D eigenvalue weighted by Gasteiger charge is 2.06. The molecule has 0 aliphatic carbocycles. The van der Waals surface area contributed by atoms with Crippen molar-refractivity contribution in [2.45, 2.75) is 20.3 Å². The second-order valence-corrected chi connectivity index (χ2v) is 4.68. The lowest BCUT2D eigenvalue weighted by molar-refractivity contribution is -0.114. The fourth-order valence-electron chi connectivity index (χ4n) is 1.37. The van der Waals surface area contributed by atoms with E-state index in [-0.39, 0.29) is 5.78 Å². The molecule has 0 aliphatic heterocycles. The van der Waals surface area contributed by atoms with Crippen LogP contribution in [0.5, 0.6) is 5.75 Å². The number of hydrogen-bond donors (Lipinski definition) is 0. The van der Waals surface area contributed by atoms with Gasteiger partial charge in [-0.1, -0.05) is 21.5 Å². The Balaban J connectivity index is 2.88. The average molecular weight is 283 g/mol. The predicted molar refractivity (Wildman–Crippen MR) is 68.8 cm³/mol. The molecule has 1 rings (SSSR count). The first-order chi connectivity index (χ1) is 7.52. The first-order valence-electron chi connectivity index (χ1n) is 5.03. The van der Waals surface area contributed by atoms with Crippen LogP contribution in [0.25, 0.3) is 0 Å². The fraction of sp³-hybridized carbons (Fsp3) is 0.308. The van der Waals surface area contributed by atoms with Crippen molar-refractivity contribution in [2.24, 2.45) is 0 Å². The van der Waals surface area contributed by atoms with Gasteiger partial charge in [-0.05, 0) is 43.7 Å². The number of ether oxygens (including phenoxy) is 1. The maximum absolute atomic E-state index is 11.6. The summed E-state index contributed by atoms with van der Waals surface area (Å²) >= 11 is 3.43. The van der Waals surface area contributed by atoms with Crippen LogP contribution in [0, 0.1) is 0 Å². The Morgan fingerprint density at radius 3 is 2.69 bits per heavy atom. The molecule has 0 N–H and O–H groups in total. The molecule has 0 amide bonds. The Kier molecular flexibility index (Phi) is 4.74. The minimum absolute atomic E-state index is 0.106. The van der Waals surface area contributed by atoms with Crippen molar-refractivity contribution < 1.29 is 9.53 Å². The lowest BCUT2D eigenvalue weighted by atomic mass is 10.1. The van der Waals surface area contributed by atoms with Gasteiger partial charge in [-0.2, -0.15) is 0 Å². The summed E-state index contributed by atoms with van der Waals surface area (Å²) in [4.78, 5) is 11.6. The molecule has 0 fully saturated rings. The van der Waals surface area contributed by atoms with Crippen molar-refractivity contribution >= 4 is 21.7 Å². The molecular weight excluding hydrogens is 268 g/mol. The van der Waals surface area contributed by atoms with Crippen molar-refractivity contribution in [3.05, 3.63) is 39.9 Å². The maximum atomic E-state index is 11.6. The number of carbonyl (C=O) groups is 1. The third-order valence-corrected chi connectivity index (χ3v) is 2.84. The van der Waals surface area contributed by atoms with Crippen molar-refractivity contribution in [1.82, 2.24) is 0 Å². The smallest absolute Gasteiger partial charge is 0.160 e. The van der Waals surface area contributed by atoms with Crippen LogP contribution in [0.15, 0.2) is 34.3 Å². The number of methoxy groups -OCH3 is 1. The van der Waals surface area contributed by atoms with Crippen molar-refractivity contribution in [2.75, 3.05) is 7.11 Å². The van der Waals surface area contributed by atoms with Gasteiger partial charge in [0.1, 0.15) is 5.75 Å². The lowest BCUT2D eigenvalue weighted by Gasteiger charge is -2.05. The second-order valence-electron chi connectivity index (χ2n) is 3.82. The molecule has 0 unspecified atom stereocenters. The molecule has 2 nitrogen and oxygen atoms in total. The average Bonchev–Trinajstić information content (AvgIpc) is 2.20. The van der Waals surface area contributed by atoms with E-state index in [1.54, 1.807) is 13.2 Å². The summed E-state index contributed by atoms with van der Waals surface area (Å²) in [5.41, 5.74) is 1.96. The molecule has 3 heteroatoms. The first kappa shape index (κ1) is 13.0. The normalized spacial score (nSPS) is 9.75. The van der Waals surface area contributed by atoms with E-state index in [0.717, 1.165) is 21.4 Å². The zero-order valence-corrected chi connectivity index (χ0v) is 11.3. The van der Waals surface area contributed by atoms with E-state index >= 15 is 0 Å². The van der Waals surface area contributed by atoms with Gasteiger partial charge in [-0.15, -0.1) is 0 Å². The molecule has 16 heavy (non-hydrogen) atoms. The molecule has 1 aromatic carbocycles. The third kappa shape index (κ3) is 3.81. The Hall–Kier alpha value is -1.09. The van der Waals surface area contributed by atoms with E-state index < -0.39 is 0 Å². The van der Waals surface area contributed by atoms with Crippen LogP contribution in [0.4, 0.5) is 0 Å². The largest absolute Gasteiger partial charge is 0.497 e. The standard InChI is InChI=1S/C13H15BrO2/c1-9(2)6-11(15)7-10-8-12(16-3)4-5-13(10)14/h4-6,8H,7H2,1-3H3. The summed E-state index contributed by atoms with van der Waals surface area (Å²) in [6, 6.07) is 5.63. The highest BCUT2D eigenvalue weighted by molar-refractivity contribution is 9.10. The minimum Gasteiger partial charge on any atom is -0.497 e. The summed E-state index contributed by atoms with van der Waals surface area (Å²) in [6.45, 7) is 3.83. The third-order valence-electron chi connectivity index (χ3n) is 2.07. The van der Waals surface area contributed by atoms with Gasteiger partial charge in [0, 0.05) is 10.9 Å². The van der Waals surface area contributed by atoms with Gasteiger partial charge in [0.15, 0.2) is 5.78 Å². The monoisotopic (exact) mass is 282 g/mol. The molecule has 0 saturated carbocycles.